The molecular weight excluding hydrogens is 905 g/mol. The van der Waals surface area contributed by atoms with Gasteiger partial charge in [0.05, 0.1) is 22.1 Å². The number of ether oxygens (including phenoxy) is 3. The van der Waals surface area contributed by atoms with Crippen LogP contribution in [0.3, 0.4) is 0 Å². The van der Waals surface area contributed by atoms with Gasteiger partial charge in [-0.25, -0.2) is 28.3 Å². The Morgan fingerprint density at radius 2 is 1.43 bits per heavy atom. The molecule has 70 heavy (non-hydrogen) atoms. The summed E-state index contributed by atoms with van der Waals surface area (Å²) in [6.07, 6.45) is 9.52. The molecule has 22 heteroatoms. The number of nitrogens with zero attached hydrogens (tertiary/aromatic N) is 11. The number of imidazole rings is 3. The van der Waals surface area contributed by atoms with Crippen molar-refractivity contribution >= 4 is 62.5 Å². The number of nitrogens with one attached hydrogen (secondary N) is 4. The van der Waals surface area contributed by atoms with Crippen molar-refractivity contribution in [2.75, 3.05) is 66.9 Å². The summed E-state index contributed by atoms with van der Waals surface area (Å²) in [6.45, 7) is 14.0. The van der Waals surface area contributed by atoms with Crippen molar-refractivity contribution in [2.24, 2.45) is 5.92 Å². The van der Waals surface area contributed by atoms with E-state index >= 15 is 0 Å². The molecule has 9 heterocycles. The molecule has 4 fully saturated rings. The first-order valence-corrected chi connectivity index (χ1v) is 23.9. The average molecular weight is 960 g/mol. The fourth-order valence-electron chi connectivity index (χ4n) is 9.56. The van der Waals surface area contributed by atoms with Gasteiger partial charge in [0.15, 0.2) is 23.1 Å². The van der Waals surface area contributed by atoms with Crippen LogP contribution in [0.1, 0.15) is 71.8 Å². The Labute approximate surface area is 400 Å². The Morgan fingerprint density at radius 3 is 2.03 bits per heavy atom. The van der Waals surface area contributed by atoms with Crippen molar-refractivity contribution in [2.45, 2.75) is 89.4 Å². The van der Waals surface area contributed by atoms with Crippen molar-refractivity contribution in [3.05, 3.63) is 83.6 Å². The maximum Gasteiger partial charge on any atom is 0.410 e. The van der Waals surface area contributed by atoms with E-state index < -0.39 is 11.4 Å². The van der Waals surface area contributed by atoms with Gasteiger partial charge in [0, 0.05) is 82.2 Å². The number of H-pyrrole nitrogens is 1. The summed E-state index contributed by atoms with van der Waals surface area (Å²) in [7, 11) is 0. The summed E-state index contributed by atoms with van der Waals surface area (Å²) < 4.78 is 49.6. The van der Waals surface area contributed by atoms with Crippen molar-refractivity contribution in [3.8, 4) is 11.9 Å². The lowest BCUT2D eigenvalue weighted by Crippen LogP contribution is -2.53. The number of amides is 1. The van der Waals surface area contributed by atoms with Crippen LogP contribution < -0.4 is 26.5 Å². The summed E-state index contributed by atoms with van der Waals surface area (Å²) in [5.41, 5.74) is 3.43. The Hall–Kier alpha value is -7.20. The number of rotatable bonds is 9. The lowest BCUT2D eigenvalue weighted by atomic mass is 9.93. The third-order valence-corrected chi connectivity index (χ3v) is 13.4. The van der Waals surface area contributed by atoms with Crippen LogP contribution in [0.25, 0.3) is 45.1 Å². The molecule has 4 aliphatic heterocycles. The highest BCUT2D eigenvalue weighted by Crippen LogP contribution is 2.43. The smallest absolute Gasteiger partial charge is 0.410 e. The molecule has 2 aromatic carbocycles. The van der Waals surface area contributed by atoms with Crippen LogP contribution in [-0.2, 0) is 14.2 Å². The van der Waals surface area contributed by atoms with Crippen molar-refractivity contribution < 1.29 is 27.8 Å². The van der Waals surface area contributed by atoms with E-state index in [4.69, 9.17) is 34.1 Å². The number of aromatic amines is 1. The fourth-order valence-corrected chi connectivity index (χ4v) is 9.56. The first-order valence-electron chi connectivity index (χ1n) is 23.9. The number of likely N-dealkylation sites (tertiary alicyclic amines) is 1. The van der Waals surface area contributed by atoms with Gasteiger partial charge in [-0.2, -0.15) is 19.9 Å². The topological polar surface area (TPSA) is 212 Å². The number of hydrogen-bond donors (Lipinski definition) is 4. The van der Waals surface area contributed by atoms with Gasteiger partial charge in [0.25, 0.3) is 0 Å². The minimum Gasteiger partial charge on any atom is -0.444 e. The fraction of sp³-hybridized carbons (Fsp3) is 0.458. The quantitative estimate of drug-likeness (QED) is 0.114. The molecule has 0 radical (unpaired) electrons. The Morgan fingerprint density at radius 1 is 0.829 bits per heavy atom. The molecule has 366 valence electrons. The van der Waals surface area contributed by atoms with Crippen LogP contribution in [0.4, 0.5) is 36.7 Å². The zero-order valence-corrected chi connectivity index (χ0v) is 39.3. The van der Waals surface area contributed by atoms with E-state index in [2.05, 4.69) is 42.4 Å². The minimum absolute atomic E-state index is 0.0680. The molecule has 0 bridgehead atoms. The second-order valence-electron chi connectivity index (χ2n) is 19.5. The molecular formula is C48H55F2N15O5. The van der Waals surface area contributed by atoms with Crippen LogP contribution in [0.5, 0.6) is 0 Å². The lowest BCUT2D eigenvalue weighted by molar-refractivity contribution is 0.000830. The van der Waals surface area contributed by atoms with Crippen LogP contribution in [0.2, 0.25) is 0 Å². The summed E-state index contributed by atoms with van der Waals surface area (Å²) in [4.78, 5) is 60.2. The van der Waals surface area contributed by atoms with Crippen molar-refractivity contribution in [3.63, 3.8) is 0 Å². The second kappa shape index (κ2) is 18.3. The van der Waals surface area contributed by atoms with Gasteiger partial charge in [0.1, 0.15) is 46.9 Å². The summed E-state index contributed by atoms with van der Waals surface area (Å²) >= 11 is 0. The first-order chi connectivity index (χ1) is 33.8. The van der Waals surface area contributed by atoms with E-state index in [0.29, 0.717) is 96.7 Å². The number of fused-ring (bicyclic) bond motifs is 4. The maximum atomic E-state index is 14.1. The predicted octanol–water partition coefficient (Wildman–Crippen LogP) is 7.03. The number of anilines is 4. The minimum atomic E-state index is -0.548. The van der Waals surface area contributed by atoms with Crippen molar-refractivity contribution in [1.82, 2.24) is 53.5 Å². The van der Waals surface area contributed by atoms with Gasteiger partial charge in [-0.3, -0.25) is 13.7 Å². The van der Waals surface area contributed by atoms with E-state index in [1.54, 1.807) is 43.4 Å². The Balaban J connectivity index is 0.000000156. The number of hydrogen-bond acceptors (Lipinski definition) is 15. The van der Waals surface area contributed by atoms with Crippen LogP contribution in [-0.4, -0.2) is 123 Å². The molecule has 20 nitrogen and oxygen atoms in total. The Bertz CT molecular complexity index is 3170. The highest BCUT2D eigenvalue weighted by molar-refractivity contribution is 5.88. The highest BCUT2D eigenvalue weighted by atomic mass is 19.1. The maximum absolute atomic E-state index is 14.1. The number of carbonyl (C=O) groups is 1. The number of aromatic nitrogens is 10. The zero-order valence-electron chi connectivity index (χ0n) is 39.3. The van der Waals surface area contributed by atoms with Gasteiger partial charge >= 0.3 is 11.8 Å². The highest BCUT2D eigenvalue weighted by Gasteiger charge is 2.37. The van der Waals surface area contributed by atoms with Gasteiger partial charge in [-0.15, -0.1) is 0 Å². The number of carbonyl (C=O) groups excluding carboxylic acids is 1. The van der Waals surface area contributed by atoms with E-state index in [1.807, 2.05) is 20.8 Å². The Kier molecular flexibility index (Phi) is 11.8. The third kappa shape index (κ3) is 8.84. The largest absolute Gasteiger partial charge is 0.444 e. The van der Waals surface area contributed by atoms with Gasteiger partial charge in [-0.1, -0.05) is 6.58 Å². The standard InChI is InChI=1S/C26H31FN8O4.C22H24FN7O/c1-26(2,3)39-25(37)33-12-15(13-33)11-28-21-20-22(35(24(36)30-20)17-6-8-38-9-7-17)32-23(31-21)34-14-29-18-5-4-16(27)10-19(18)34;1-13-25-19-20(26-15-3-2-4-15)27-22(28-21(19)30(13)16-7-9-31-10-8-16)29-12-24-17-6-5-14(23)11-18(17)29/h4-5,10,14-15,17H,6-9,11-13H2,1-3H3,(H,30,36)(H,28,31,32);5-6,11-12,15-16,25H,1-4,7-10H2,(H,26,27,28). The van der Waals surface area contributed by atoms with Crippen molar-refractivity contribution in [1.29, 1.82) is 0 Å². The monoisotopic (exact) mass is 959 g/mol. The normalized spacial score (nSPS) is 18.1. The second-order valence-corrected chi connectivity index (χ2v) is 19.5. The van der Waals surface area contributed by atoms with Crippen LogP contribution >= 0.6 is 0 Å². The summed E-state index contributed by atoms with van der Waals surface area (Å²) in [5.74, 6) is 2.98. The third-order valence-electron chi connectivity index (χ3n) is 13.4. The molecule has 1 amide bonds. The van der Waals surface area contributed by atoms with Gasteiger partial charge in [-0.05, 0) is 90.0 Å². The van der Waals surface area contributed by atoms with E-state index in [0.717, 1.165) is 62.0 Å². The molecule has 7 aromatic rings. The first kappa shape index (κ1) is 45.3. The van der Waals surface area contributed by atoms with Crippen LogP contribution in [0.15, 0.2) is 66.2 Å². The van der Waals surface area contributed by atoms with Gasteiger partial charge in [0.2, 0.25) is 11.9 Å². The molecule has 4 N–H and O–H groups in total. The molecule has 0 atom stereocenters. The van der Waals surface area contributed by atoms with E-state index in [9.17, 15) is 18.4 Å². The van der Waals surface area contributed by atoms with Gasteiger partial charge < -0.3 is 44.9 Å². The number of halogens is 2. The lowest BCUT2D eigenvalue weighted by Gasteiger charge is -2.39. The summed E-state index contributed by atoms with van der Waals surface area (Å²) in [5, 5.41) is 10.3. The average Bonchev–Trinajstić information content (AvgIpc) is 4.09. The molecule has 5 aliphatic rings. The van der Waals surface area contributed by atoms with E-state index in [1.165, 1.54) is 30.7 Å². The van der Waals surface area contributed by atoms with E-state index in [-0.39, 0.29) is 41.6 Å². The number of benzene rings is 2. The SMILES string of the molecule is C=C1Nc2c(NC3CCC3)nc(-n3cnc4ccc(F)cc43)nc2N1C1CCOCC1.CC(C)(C)OC(=O)N1CC(CNc2nc(-n3cnc4ccc(F)cc43)nc3c2[nH]c(=O)n3C2CCOCC2)C1. The zero-order chi connectivity index (χ0) is 48.3. The molecule has 12 rings (SSSR count). The molecule has 1 saturated carbocycles. The predicted molar refractivity (Wildman–Crippen MR) is 259 cm³/mol. The summed E-state index contributed by atoms with van der Waals surface area (Å²) in [6, 6.07) is 9.46. The molecule has 3 saturated heterocycles. The molecule has 1 aliphatic carbocycles. The molecule has 0 unspecified atom stereocenters. The molecule has 0 spiro atoms. The van der Waals surface area contributed by atoms with Crippen LogP contribution in [0, 0.1) is 17.6 Å². The molecule has 5 aromatic heterocycles.